The summed E-state index contributed by atoms with van der Waals surface area (Å²) in [4.78, 5) is 11.9. The quantitative estimate of drug-likeness (QED) is 0.824. The molecule has 0 radical (unpaired) electrons. The van der Waals surface area contributed by atoms with Gasteiger partial charge in [-0.1, -0.05) is 55.0 Å². The molecule has 2 rings (SSSR count). The van der Waals surface area contributed by atoms with Gasteiger partial charge in [0.2, 0.25) is 5.91 Å². The second-order valence-corrected chi connectivity index (χ2v) is 4.74. The van der Waals surface area contributed by atoms with Crippen molar-refractivity contribution < 1.29 is 4.79 Å². The van der Waals surface area contributed by atoms with Crippen molar-refractivity contribution in [3.63, 3.8) is 0 Å². The molecule has 0 atom stereocenters. The Kier molecular flexibility index (Phi) is 4.72. The third-order valence-corrected chi connectivity index (χ3v) is 3.16. The van der Waals surface area contributed by atoms with E-state index in [4.69, 9.17) is 0 Å². The first kappa shape index (κ1) is 14.1. The number of aryl methyl sites for hydroxylation is 2. The molecular weight excluding hydrogens is 246 g/mol. The Morgan fingerprint density at radius 3 is 2.50 bits per heavy atom. The summed E-state index contributed by atoms with van der Waals surface area (Å²) in [6.07, 6.45) is 4.29. The largest absolute Gasteiger partial charge is 0.322 e. The van der Waals surface area contributed by atoms with Crippen LogP contribution in [0.15, 0.2) is 54.6 Å². The molecule has 0 saturated carbocycles. The highest BCUT2D eigenvalue weighted by Crippen LogP contribution is 2.15. The van der Waals surface area contributed by atoms with Gasteiger partial charge in [0.15, 0.2) is 0 Å². The van der Waals surface area contributed by atoms with Gasteiger partial charge in [-0.3, -0.25) is 4.79 Å². The zero-order valence-electron chi connectivity index (χ0n) is 11.9. The molecule has 0 heterocycles. The van der Waals surface area contributed by atoms with Gasteiger partial charge in [-0.05, 0) is 36.6 Å². The molecule has 1 N–H and O–H groups in total. The first-order valence-corrected chi connectivity index (χ1v) is 6.82. The van der Waals surface area contributed by atoms with Gasteiger partial charge in [-0.2, -0.15) is 0 Å². The van der Waals surface area contributed by atoms with E-state index in [0.717, 1.165) is 23.2 Å². The average Bonchev–Trinajstić information content (AvgIpc) is 2.47. The van der Waals surface area contributed by atoms with E-state index in [-0.39, 0.29) is 5.91 Å². The molecule has 0 aromatic heterocycles. The molecule has 0 aliphatic rings. The Labute approximate surface area is 120 Å². The number of hydrogen-bond donors (Lipinski definition) is 1. The summed E-state index contributed by atoms with van der Waals surface area (Å²) in [6.45, 7) is 4.12. The molecule has 0 aliphatic heterocycles. The van der Waals surface area contributed by atoms with Crippen LogP contribution in [0.2, 0.25) is 0 Å². The van der Waals surface area contributed by atoms with Gasteiger partial charge in [-0.25, -0.2) is 0 Å². The maximum Gasteiger partial charge on any atom is 0.248 e. The molecule has 0 aliphatic carbocycles. The van der Waals surface area contributed by atoms with Gasteiger partial charge < -0.3 is 5.32 Å². The SMILES string of the molecule is CCc1ccccc1NC(=O)C=Cc1ccc(C)cc1. The minimum atomic E-state index is -0.105. The van der Waals surface area contributed by atoms with Crippen LogP contribution in [-0.4, -0.2) is 5.91 Å². The average molecular weight is 265 g/mol. The molecule has 0 spiro atoms. The van der Waals surface area contributed by atoms with Crippen molar-refractivity contribution in [2.24, 2.45) is 0 Å². The fraction of sp³-hybridized carbons (Fsp3) is 0.167. The first-order valence-electron chi connectivity index (χ1n) is 6.82. The van der Waals surface area contributed by atoms with Gasteiger partial charge >= 0.3 is 0 Å². The number of amides is 1. The van der Waals surface area contributed by atoms with Crippen LogP contribution >= 0.6 is 0 Å². The standard InChI is InChI=1S/C18H19NO/c1-3-16-6-4-5-7-17(16)19-18(20)13-12-15-10-8-14(2)9-11-15/h4-13H,3H2,1-2H3,(H,19,20). The second kappa shape index (κ2) is 6.71. The number of nitrogens with one attached hydrogen (secondary N) is 1. The molecule has 1 amide bonds. The Bertz CT molecular complexity index is 612. The van der Waals surface area contributed by atoms with Crippen LogP contribution in [0.1, 0.15) is 23.6 Å². The molecule has 0 fully saturated rings. The number of rotatable bonds is 4. The number of benzene rings is 2. The Morgan fingerprint density at radius 2 is 1.80 bits per heavy atom. The van der Waals surface area contributed by atoms with E-state index in [0.29, 0.717) is 0 Å². The number of hydrogen-bond acceptors (Lipinski definition) is 1. The van der Waals surface area contributed by atoms with E-state index >= 15 is 0 Å². The summed E-state index contributed by atoms with van der Waals surface area (Å²) in [7, 11) is 0. The van der Waals surface area contributed by atoms with Crippen LogP contribution in [0.5, 0.6) is 0 Å². The van der Waals surface area contributed by atoms with Crippen LogP contribution in [0, 0.1) is 6.92 Å². The van der Waals surface area contributed by atoms with Gasteiger partial charge in [-0.15, -0.1) is 0 Å². The van der Waals surface area contributed by atoms with Crippen LogP contribution in [0.4, 0.5) is 5.69 Å². The first-order chi connectivity index (χ1) is 9.69. The lowest BCUT2D eigenvalue weighted by molar-refractivity contribution is -0.111. The number of para-hydroxylation sites is 1. The second-order valence-electron chi connectivity index (χ2n) is 4.74. The molecule has 2 aromatic carbocycles. The van der Waals surface area contributed by atoms with Crippen molar-refractivity contribution in [1.29, 1.82) is 0 Å². The van der Waals surface area contributed by atoms with Crippen LogP contribution < -0.4 is 5.32 Å². The Hall–Kier alpha value is -2.35. The van der Waals surface area contributed by atoms with Crippen LogP contribution in [-0.2, 0) is 11.2 Å². The van der Waals surface area contributed by atoms with E-state index in [1.807, 2.05) is 61.5 Å². The highest BCUT2D eigenvalue weighted by Gasteiger charge is 2.02. The maximum absolute atomic E-state index is 11.9. The topological polar surface area (TPSA) is 29.1 Å². The zero-order chi connectivity index (χ0) is 14.4. The molecular formula is C18H19NO. The molecule has 0 bridgehead atoms. The Morgan fingerprint density at radius 1 is 1.10 bits per heavy atom. The van der Waals surface area contributed by atoms with Crippen LogP contribution in [0.3, 0.4) is 0 Å². The summed E-state index contributed by atoms with van der Waals surface area (Å²) < 4.78 is 0. The number of anilines is 1. The van der Waals surface area contributed by atoms with Crippen molar-refractivity contribution in [3.05, 3.63) is 71.3 Å². The maximum atomic E-state index is 11.9. The lowest BCUT2D eigenvalue weighted by Crippen LogP contribution is -2.09. The predicted molar refractivity (Wildman–Crippen MR) is 84.7 cm³/mol. The van der Waals surface area contributed by atoms with E-state index in [9.17, 15) is 4.79 Å². The monoisotopic (exact) mass is 265 g/mol. The highest BCUT2D eigenvalue weighted by molar-refractivity contribution is 6.02. The highest BCUT2D eigenvalue weighted by atomic mass is 16.1. The summed E-state index contributed by atoms with van der Waals surface area (Å²) in [5.74, 6) is -0.105. The minimum absolute atomic E-state index is 0.105. The fourth-order valence-corrected chi connectivity index (χ4v) is 1.97. The lowest BCUT2D eigenvalue weighted by atomic mass is 10.1. The molecule has 0 saturated heterocycles. The van der Waals surface area contributed by atoms with E-state index < -0.39 is 0 Å². The van der Waals surface area contributed by atoms with Crippen molar-refractivity contribution >= 4 is 17.7 Å². The van der Waals surface area contributed by atoms with Crippen molar-refractivity contribution in [2.45, 2.75) is 20.3 Å². The molecule has 20 heavy (non-hydrogen) atoms. The van der Waals surface area contributed by atoms with E-state index in [1.165, 1.54) is 5.56 Å². The third-order valence-electron chi connectivity index (χ3n) is 3.16. The zero-order valence-corrected chi connectivity index (χ0v) is 11.9. The van der Waals surface area contributed by atoms with Crippen molar-refractivity contribution in [3.8, 4) is 0 Å². The normalized spacial score (nSPS) is 10.7. The number of carbonyl (C=O) groups is 1. The molecule has 102 valence electrons. The van der Waals surface area contributed by atoms with E-state index in [1.54, 1.807) is 6.08 Å². The van der Waals surface area contributed by atoms with E-state index in [2.05, 4.69) is 12.2 Å². The summed E-state index contributed by atoms with van der Waals surface area (Å²) in [5, 5.41) is 2.92. The number of carbonyl (C=O) groups excluding carboxylic acids is 1. The van der Waals surface area contributed by atoms with Gasteiger partial charge in [0.05, 0.1) is 0 Å². The fourth-order valence-electron chi connectivity index (χ4n) is 1.97. The summed E-state index contributed by atoms with van der Waals surface area (Å²) in [6, 6.07) is 15.9. The molecule has 0 unspecified atom stereocenters. The summed E-state index contributed by atoms with van der Waals surface area (Å²) in [5.41, 5.74) is 4.26. The van der Waals surface area contributed by atoms with Gasteiger partial charge in [0, 0.05) is 11.8 Å². The smallest absolute Gasteiger partial charge is 0.248 e. The Balaban J connectivity index is 2.03. The predicted octanol–water partition coefficient (Wildman–Crippen LogP) is 4.21. The van der Waals surface area contributed by atoms with Crippen molar-refractivity contribution in [2.75, 3.05) is 5.32 Å². The van der Waals surface area contributed by atoms with Gasteiger partial charge in [0.1, 0.15) is 0 Å². The van der Waals surface area contributed by atoms with Crippen molar-refractivity contribution in [1.82, 2.24) is 0 Å². The summed E-state index contributed by atoms with van der Waals surface area (Å²) >= 11 is 0. The lowest BCUT2D eigenvalue weighted by Gasteiger charge is -2.07. The van der Waals surface area contributed by atoms with Gasteiger partial charge in [0.25, 0.3) is 0 Å². The molecule has 2 heteroatoms. The minimum Gasteiger partial charge on any atom is -0.322 e. The molecule has 2 aromatic rings. The third kappa shape index (κ3) is 3.82. The molecule has 2 nitrogen and oxygen atoms in total. The van der Waals surface area contributed by atoms with Crippen LogP contribution in [0.25, 0.3) is 6.08 Å².